The number of ether oxygens (including phenoxy) is 2. The normalized spacial score (nSPS) is 9.73. The molecule has 0 aliphatic heterocycles. The molecule has 6 nitrogen and oxygen atoms in total. The van der Waals surface area contributed by atoms with Gasteiger partial charge in [0.1, 0.15) is 11.5 Å². The zero-order valence-corrected chi connectivity index (χ0v) is 12.3. The molecule has 0 unspecified atom stereocenters. The summed E-state index contributed by atoms with van der Waals surface area (Å²) in [6, 6.07) is 10.9. The van der Waals surface area contributed by atoms with Crippen LogP contribution in [0.25, 0.3) is 11.1 Å². The Morgan fingerprint density at radius 1 is 0.773 bits per heavy atom. The smallest absolute Gasteiger partial charge is 0.211 e. The van der Waals surface area contributed by atoms with Crippen molar-refractivity contribution < 1.29 is 19.1 Å². The lowest BCUT2D eigenvalue weighted by Gasteiger charge is -2.12. The molecule has 2 amide bonds. The van der Waals surface area contributed by atoms with E-state index in [1.54, 1.807) is 12.1 Å². The van der Waals surface area contributed by atoms with Crippen LogP contribution >= 0.6 is 0 Å². The highest BCUT2D eigenvalue weighted by atomic mass is 16.5. The first kappa shape index (κ1) is 15.4. The maximum atomic E-state index is 10.6. The number of nitrogens with one attached hydrogen (secondary N) is 2. The Morgan fingerprint density at radius 3 is 1.50 bits per heavy atom. The third-order valence-corrected chi connectivity index (χ3v) is 3.17. The van der Waals surface area contributed by atoms with Gasteiger partial charge in [-0.1, -0.05) is 12.1 Å². The van der Waals surface area contributed by atoms with Gasteiger partial charge in [0.25, 0.3) is 0 Å². The Bertz CT molecular complexity index is 626. The highest BCUT2D eigenvalue weighted by Crippen LogP contribution is 2.34. The molecule has 6 heteroatoms. The van der Waals surface area contributed by atoms with E-state index >= 15 is 0 Å². The van der Waals surface area contributed by atoms with Crippen LogP contribution in [0.3, 0.4) is 0 Å². The number of anilines is 2. The van der Waals surface area contributed by atoms with E-state index in [-0.39, 0.29) is 0 Å². The number of hydrogen-bond acceptors (Lipinski definition) is 4. The fraction of sp³-hybridized carbons (Fsp3) is 0.125. The lowest BCUT2D eigenvalue weighted by Crippen LogP contribution is -1.98. The van der Waals surface area contributed by atoms with Gasteiger partial charge in [0, 0.05) is 0 Å². The van der Waals surface area contributed by atoms with Crippen LogP contribution in [0.15, 0.2) is 36.4 Å². The van der Waals surface area contributed by atoms with Crippen LogP contribution in [0.4, 0.5) is 11.4 Å². The molecule has 0 heterocycles. The Morgan fingerprint density at radius 2 is 1.18 bits per heavy atom. The first-order valence-corrected chi connectivity index (χ1v) is 6.50. The minimum absolute atomic E-state index is 0.554. The summed E-state index contributed by atoms with van der Waals surface area (Å²) in [6.45, 7) is 0. The van der Waals surface area contributed by atoms with E-state index < -0.39 is 0 Å². The van der Waals surface area contributed by atoms with Crippen LogP contribution < -0.4 is 20.1 Å². The van der Waals surface area contributed by atoms with Gasteiger partial charge in [0.2, 0.25) is 12.8 Å². The monoisotopic (exact) mass is 300 g/mol. The minimum atomic E-state index is 0.554. The third kappa shape index (κ3) is 3.17. The highest BCUT2D eigenvalue weighted by Gasteiger charge is 2.09. The van der Waals surface area contributed by atoms with Crippen LogP contribution in [-0.4, -0.2) is 27.0 Å². The van der Waals surface area contributed by atoms with E-state index in [2.05, 4.69) is 10.6 Å². The van der Waals surface area contributed by atoms with E-state index in [1.807, 2.05) is 24.3 Å². The summed E-state index contributed by atoms with van der Waals surface area (Å²) < 4.78 is 10.5. The van der Waals surface area contributed by atoms with E-state index in [0.717, 1.165) is 11.1 Å². The molecule has 22 heavy (non-hydrogen) atoms. The van der Waals surface area contributed by atoms with E-state index in [1.165, 1.54) is 14.2 Å². The second-order valence-electron chi connectivity index (χ2n) is 4.35. The number of methoxy groups -OCH3 is 2. The fourth-order valence-electron chi connectivity index (χ4n) is 2.11. The second kappa shape index (κ2) is 7.12. The van der Waals surface area contributed by atoms with Crippen molar-refractivity contribution in [2.75, 3.05) is 24.9 Å². The van der Waals surface area contributed by atoms with Gasteiger partial charge < -0.3 is 20.1 Å². The molecule has 0 aromatic heterocycles. The molecule has 0 aliphatic carbocycles. The summed E-state index contributed by atoms with van der Waals surface area (Å²) in [5.41, 5.74) is 2.97. The highest BCUT2D eigenvalue weighted by molar-refractivity contribution is 5.81. The molecule has 2 aromatic carbocycles. The number of carbonyl (C=O) groups is 2. The molecule has 0 saturated heterocycles. The van der Waals surface area contributed by atoms with E-state index in [4.69, 9.17) is 9.47 Å². The van der Waals surface area contributed by atoms with Crippen molar-refractivity contribution in [3.05, 3.63) is 36.4 Å². The third-order valence-electron chi connectivity index (χ3n) is 3.17. The first-order chi connectivity index (χ1) is 10.7. The Labute approximate surface area is 128 Å². The molecule has 2 rings (SSSR count). The van der Waals surface area contributed by atoms with Gasteiger partial charge in [0.15, 0.2) is 0 Å². The van der Waals surface area contributed by atoms with Crippen molar-refractivity contribution in [2.24, 2.45) is 0 Å². The lowest BCUT2D eigenvalue weighted by atomic mass is 10.0. The maximum Gasteiger partial charge on any atom is 0.211 e. The van der Waals surface area contributed by atoms with Gasteiger partial charge in [-0.2, -0.15) is 0 Å². The Balaban J connectivity index is 2.43. The van der Waals surface area contributed by atoms with Gasteiger partial charge in [-0.15, -0.1) is 0 Å². The first-order valence-electron chi connectivity index (χ1n) is 6.50. The van der Waals surface area contributed by atoms with Gasteiger partial charge in [-0.25, -0.2) is 0 Å². The molecule has 0 fully saturated rings. The largest absolute Gasteiger partial charge is 0.495 e. The minimum Gasteiger partial charge on any atom is -0.495 e. The number of amides is 2. The lowest BCUT2D eigenvalue weighted by molar-refractivity contribution is -0.106. The summed E-state index contributed by atoms with van der Waals surface area (Å²) in [5.74, 6) is 1.11. The van der Waals surface area contributed by atoms with Crippen LogP contribution in [0.5, 0.6) is 11.5 Å². The Kier molecular flexibility index (Phi) is 4.98. The van der Waals surface area contributed by atoms with Crippen LogP contribution in [-0.2, 0) is 9.59 Å². The zero-order valence-electron chi connectivity index (χ0n) is 12.3. The SMILES string of the molecule is COc1cc(-c2ccc(NC=O)c(OC)c2)ccc1NC=O. The molecule has 0 bridgehead atoms. The summed E-state index contributed by atoms with van der Waals surface area (Å²) in [6.07, 6.45) is 1.20. The fourth-order valence-corrected chi connectivity index (χ4v) is 2.11. The number of hydrogen-bond donors (Lipinski definition) is 2. The molecule has 0 saturated carbocycles. The van der Waals surface area contributed by atoms with Gasteiger partial charge in [0.05, 0.1) is 25.6 Å². The van der Waals surface area contributed by atoms with Crippen molar-refractivity contribution in [1.82, 2.24) is 0 Å². The van der Waals surface area contributed by atoms with Crippen molar-refractivity contribution in [3.8, 4) is 22.6 Å². The topological polar surface area (TPSA) is 76.7 Å². The summed E-state index contributed by atoms with van der Waals surface area (Å²) in [4.78, 5) is 21.1. The number of rotatable bonds is 7. The number of carbonyl (C=O) groups excluding carboxylic acids is 2. The molecule has 114 valence electrons. The maximum absolute atomic E-state index is 10.6. The molecule has 2 aromatic rings. The number of benzene rings is 2. The van der Waals surface area contributed by atoms with Crippen molar-refractivity contribution >= 4 is 24.2 Å². The molecule has 0 spiro atoms. The zero-order chi connectivity index (χ0) is 15.9. The van der Waals surface area contributed by atoms with Gasteiger partial charge >= 0.3 is 0 Å². The molecule has 0 aliphatic rings. The van der Waals surface area contributed by atoms with E-state index in [0.29, 0.717) is 35.7 Å². The van der Waals surface area contributed by atoms with Gasteiger partial charge in [-0.05, 0) is 35.4 Å². The molecular weight excluding hydrogens is 284 g/mol. The molecule has 2 N–H and O–H groups in total. The molecule has 0 radical (unpaired) electrons. The molecule has 0 atom stereocenters. The standard InChI is InChI=1S/C16H16N2O4/c1-21-15-7-11(3-5-13(15)17-9-19)12-4-6-14(18-10-20)16(8-12)22-2/h3-10H,1-2H3,(H,17,19)(H,18,20). The second-order valence-corrected chi connectivity index (χ2v) is 4.35. The summed E-state index contributed by atoms with van der Waals surface area (Å²) >= 11 is 0. The van der Waals surface area contributed by atoms with Crippen molar-refractivity contribution in [3.63, 3.8) is 0 Å². The predicted molar refractivity (Wildman–Crippen MR) is 84.4 cm³/mol. The average Bonchev–Trinajstić information content (AvgIpc) is 2.56. The quantitative estimate of drug-likeness (QED) is 0.770. The van der Waals surface area contributed by atoms with Crippen LogP contribution in [0.2, 0.25) is 0 Å². The van der Waals surface area contributed by atoms with Crippen molar-refractivity contribution in [2.45, 2.75) is 0 Å². The molecular formula is C16H16N2O4. The van der Waals surface area contributed by atoms with Crippen LogP contribution in [0, 0.1) is 0 Å². The predicted octanol–water partition coefficient (Wildman–Crippen LogP) is 2.51. The van der Waals surface area contributed by atoms with Gasteiger partial charge in [-0.3, -0.25) is 9.59 Å². The average molecular weight is 300 g/mol. The summed E-state index contributed by atoms with van der Waals surface area (Å²) in [7, 11) is 3.07. The summed E-state index contributed by atoms with van der Waals surface area (Å²) in [5, 5.41) is 5.15. The van der Waals surface area contributed by atoms with Crippen LogP contribution in [0.1, 0.15) is 0 Å². The van der Waals surface area contributed by atoms with E-state index in [9.17, 15) is 9.59 Å². The van der Waals surface area contributed by atoms with Crippen molar-refractivity contribution in [1.29, 1.82) is 0 Å². The Hall–Kier alpha value is -3.02.